The van der Waals surface area contributed by atoms with Gasteiger partial charge >= 0.3 is 11.7 Å². The van der Waals surface area contributed by atoms with Gasteiger partial charge in [-0.2, -0.15) is 5.10 Å². The second-order valence-corrected chi connectivity index (χ2v) is 4.14. The van der Waals surface area contributed by atoms with E-state index in [1.54, 1.807) is 0 Å². The molecule has 1 aromatic heterocycles. The molecule has 0 bridgehead atoms. The first-order valence-electron chi connectivity index (χ1n) is 5.91. The molecule has 0 spiro atoms. The minimum atomic E-state index is -0.776. The molecule has 0 unspecified atom stereocenters. The fourth-order valence-corrected chi connectivity index (χ4v) is 1.69. The van der Waals surface area contributed by atoms with Crippen LogP contribution >= 0.6 is 0 Å². The van der Waals surface area contributed by atoms with Crippen LogP contribution in [-0.2, 0) is 4.74 Å². The van der Waals surface area contributed by atoms with Crippen LogP contribution < -0.4 is 11.1 Å². The Bertz CT molecular complexity index is 754. The van der Waals surface area contributed by atoms with Crippen molar-refractivity contribution in [2.24, 2.45) is 0 Å². The van der Waals surface area contributed by atoms with Gasteiger partial charge in [0.2, 0.25) is 5.69 Å². The number of methoxy groups -OCH3 is 1. The number of rotatable bonds is 4. The number of esters is 1. The molecule has 0 atom stereocenters. The predicted octanol–water partition coefficient (Wildman–Crippen LogP) is 0.939. The first kappa shape index (κ1) is 15.0. The van der Waals surface area contributed by atoms with E-state index in [1.165, 1.54) is 25.3 Å². The average molecular weight is 305 g/mol. The van der Waals surface area contributed by atoms with Crippen LogP contribution in [0.25, 0.3) is 0 Å². The predicted molar refractivity (Wildman–Crippen MR) is 75.4 cm³/mol. The molecule has 22 heavy (non-hydrogen) atoms. The van der Waals surface area contributed by atoms with Crippen molar-refractivity contribution in [1.29, 1.82) is 0 Å². The summed E-state index contributed by atoms with van der Waals surface area (Å²) in [6.45, 7) is 0. The van der Waals surface area contributed by atoms with Crippen molar-refractivity contribution in [3.8, 4) is 0 Å². The average Bonchev–Trinajstić information content (AvgIpc) is 2.98. The summed E-state index contributed by atoms with van der Waals surface area (Å²) in [5.41, 5.74) is 5.49. The third-order valence-electron chi connectivity index (χ3n) is 2.76. The molecule has 2 rings (SSSR count). The number of nitrogens with zero attached hydrogens (tertiary/aromatic N) is 2. The maximum absolute atomic E-state index is 12.0. The monoisotopic (exact) mass is 305 g/mol. The summed E-state index contributed by atoms with van der Waals surface area (Å²) < 4.78 is 4.54. The van der Waals surface area contributed by atoms with Crippen LogP contribution in [0.15, 0.2) is 24.4 Å². The highest BCUT2D eigenvalue weighted by atomic mass is 16.6. The third-order valence-corrected chi connectivity index (χ3v) is 2.76. The number of carbonyl (C=O) groups excluding carboxylic acids is 2. The number of aromatic nitrogens is 2. The van der Waals surface area contributed by atoms with Crippen molar-refractivity contribution >= 4 is 28.9 Å². The van der Waals surface area contributed by atoms with Crippen molar-refractivity contribution in [1.82, 2.24) is 10.2 Å². The molecule has 0 aliphatic rings. The SMILES string of the molecule is COC(=O)c1ccc(NC(=O)c2[nH]ncc2[N+](=O)[O-])c(N)c1. The van der Waals surface area contributed by atoms with Crippen molar-refractivity contribution in [2.45, 2.75) is 0 Å². The first-order valence-corrected chi connectivity index (χ1v) is 5.91. The smallest absolute Gasteiger partial charge is 0.337 e. The van der Waals surface area contributed by atoms with Crippen molar-refractivity contribution in [2.75, 3.05) is 18.2 Å². The van der Waals surface area contributed by atoms with Crippen LogP contribution in [0.4, 0.5) is 17.1 Å². The molecule has 0 saturated carbocycles. The van der Waals surface area contributed by atoms with Gasteiger partial charge in [0.05, 0.1) is 29.0 Å². The number of anilines is 2. The Morgan fingerprint density at radius 2 is 2.18 bits per heavy atom. The molecule has 0 aliphatic heterocycles. The van der Waals surface area contributed by atoms with Gasteiger partial charge in [-0.15, -0.1) is 0 Å². The summed E-state index contributed by atoms with van der Waals surface area (Å²) in [4.78, 5) is 33.4. The Morgan fingerprint density at radius 3 is 2.77 bits per heavy atom. The van der Waals surface area contributed by atoms with Crippen molar-refractivity contribution in [3.05, 3.63) is 45.8 Å². The van der Waals surface area contributed by atoms with Crippen LogP contribution in [0.1, 0.15) is 20.8 Å². The molecule has 1 amide bonds. The number of amides is 1. The maximum atomic E-state index is 12.0. The van der Waals surface area contributed by atoms with Gasteiger partial charge in [0.1, 0.15) is 6.20 Å². The summed E-state index contributed by atoms with van der Waals surface area (Å²) in [5.74, 6) is -1.35. The standard InChI is InChI=1S/C12H11N5O5/c1-22-12(19)6-2-3-8(7(13)4-6)15-11(18)10-9(17(20)21)5-14-16-10/h2-5H,13H2,1H3,(H,14,16)(H,15,18). The fourth-order valence-electron chi connectivity index (χ4n) is 1.69. The highest BCUT2D eigenvalue weighted by Gasteiger charge is 2.23. The summed E-state index contributed by atoms with van der Waals surface area (Å²) in [6, 6.07) is 4.11. The largest absolute Gasteiger partial charge is 0.465 e. The second kappa shape index (κ2) is 5.91. The number of H-pyrrole nitrogens is 1. The number of ether oxygens (including phenoxy) is 1. The number of nitrogen functional groups attached to an aromatic ring is 1. The first-order chi connectivity index (χ1) is 10.4. The van der Waals surface area contributed by atoms with Gasteiger partial charge < -0.3 is 15.8 Å². The minimum absolute atomic E-state index is 0.110. The summed E-state index contributed by atoms with van der Waals surface area (Å²) in [6.07, 6.45) is 0.929. The van der Waals surface area contributed by atoms with E-state index < -0.39 is 22.5 Å². The molecule has 0 fully saturated rings. The van der Waals surface area contributed by atoms with E-state index in [-0.39, 0.29) is 22.6 Å². The Balaban J connectivity index is 2.24. The minimum Gasteiger partial charge on any atom is -0.465 e. The Hall–Kier alpha value is -3.43. The zero-order valence-corrected chi connectivity index (χ0v) is 11.3. The fraction of sp³-hybridized carbons (Fsp3) is 0.0833. The number of aromatic amines is 1. The van der Waals surface area contributed by atoms with E-state index >= 15 is 0 Å². The van der Waals surface area contributed by atoms with Gasteiger partial charge in [-0.05, 0) is 18.2 Å². The molecular formula is C12H11N5O5. The molecule has 0 saturated heterocycles. The topological polar surface area (TPSA) is 153 Å². The number of hydrogen-bond acceptors (Lipinski definition) is 7. The Morgan fingerprint density at radius 1 is 1.45 bits per heavy atom. The van der Waals surface area contributed by atoms with Gasteiger partial charge in [0.25, 0.3) is 5.91 Å². The van der Waals surface area contributed by atoms with Crippen LogP contribution in [0.2, 0.25) is 0 Å². The summed E-state index contributed by atoms with van der Waals surface area (Å²) >= 11 is 0. The van der Waals surface area contributed by atoms with Crippen LogP contribution in [0.5, 0.6) is 0 Å². The van der Waals surface area contributed by atoms with Crippen molar-refractivity contribution in [3.63, 3.8) is 0 Å². The van der Waals surface area contributed by atoms with E-state index in [9.17, 15) is 19.7 Å². The van der Waals surface area contributed by atoms with E-state index in [0.717, 1.165) is 6.20 Å². The molecule has 1 heterocycles. The number of hydrogen-bond donors (Lipinski definition) is 3. The molecular weight excluding hydrogens is 294 g/mol. The molecule has 1 aromatic carbocycles. The normalized spacial score (nSPS) is 10.0. The maximum Gasteiger partial charge on any atom is 0.337 e. The van der Waals surface area contributed by atoms with Crippen LogP contribution in [0.3, 0.4) is 0 Å². The van der Waals surface area contributed by atoms with Gasteiger partial charge in [0, 0.05) is 0 Å². The Labute approximate surface area is 123 Å². The third kappa shape index (κ3) is 2.85. The molecule has 114 valence electrons. The zero-order valence-electron chi connectivity index (χ0n) is 11.3. The number of nitrogens with two attached hydrogens (primary N) is 1. The highest BCUT2D eigenvalue weighted by molar-refractivity contribution is 6.07. The Kier molecular flexibility index (Phi) is 4.02. The quantitative estimate of drug-likeness (QED) is 0.328. The molecule has 2 aromatic rings. The lowest BCUT2D eigenvalue weighted by Gasteiger charge is -2.08. The van der Waals surface area contributed by atoms with Gasteiger partial charge in [-0.3, -0.25) is 20.0 Å². The number of benzene rings is 1. The summed E-state index contributed by atoms with van der Waals surface area (Å²) in [5, 5.41) is 18.9. The highest BCUT2D eigenvalue weighted by Crippen LogP contribution is 2.22. The number of nitro groups is 1. The summed E-state index contributed by atoms with van der Waals surface area (Å²) in [7, 11) is 1.23. The van der Waals surface area contributed by atoms with Gasteiger partial charge in [0.15, 0.2) is 0 Å². The van der Waals surface area contributed by atoms with Gasteiger partial charge in [-0.25, -0.2) is 4.79 Å². The van der Waals surface area contributed by atoms with E-state index in [4.69, 9.17) is 5.73 Å². The molecule has 10 heteroatoms. The second-order valence-electron chi connectivity index (χ2n) is 4.14. The number of nitrogens with one attached hydrogen (secondary N) is 2. The van der Waals surface area contributed by atoms with Crippen LogP contribution in [-0.4, -0.2) is 34.1 Å². The van der Waals surface area contributed by atoms with E-state index in [0.29, 0.717) is 0 Å². The van der Waals surface area contributed by atoms with E-state index in [2.05, 4.69) is 20.3 Å². The molecule has 0 aliphatic carbocycles. The molecule has 4 N–H and O–H groups in total. The number of carbonyl (C=O) groups is 2. The van der Waals surface area contributed by atoms with Crippen molar-refractivity contribution < 1.29 is 19.2 Å². The van der Waals surface area contributed by atoms with Gasteiger partial charge in [-0.1, -0.05) is 0 Å². The molecule has 0 radical (unpaired) electrons. The lowest BCUT2D eigenvalue weighted by molar-refractivity contribution is -0.385. The van der Waals surface area contributed by atoms with Crippen LogP contribution in [0, 0.1) is 10.1 Å². The molecule has 10 nitrogen and oxygen atoms in total. The lowest BCUT2D eigenvalue weighted by atomic mass is 10.1. The zero-order chi connectivity index (χ0) is 16.3. The lowest BCUT2D eigenvalue weighted by Crippen LogP contribution is -2.15. The van der Waals surface area contributed by atoms with E-state index in [1.807, 2.05) is 0 Å².